The van der Waals surface area contributed by atoms with Crippen molar-refractivity contribution >= 4 is 23.4 Å². The Morgan fingerprint density at radius 1 is 1.09 bits per heavy atom. The van der Waals surface area contributed by atoms with Crippen LogP contribution in [0.5, 0.6) is 0 Å². The summed E-state index contributed by atoms with van der Waals surface area (Å²) in [7, 11) is 0. The molecule has 122 valence electrons. The van der Waals surface area contributed by atoms with E-state index in [1.165, 1.54) is 0 Å². The number of esters is 1. The molecule has 0 aliphatic carbocycles. The number of aromatic nitrogens is 1. The summed E-state index contributed by atoms with van der Waals surface area (Å²) >= 11 is 0. The molecule has 0 spiro atoms. The van der Waals surface area contributed by atoms with Crippen LogP contribution < -0.4 is 10.6 Å². The number of aromatic amines is 1. The SMILES string of the molecule is CCOC(=O)c1c(C)[nH]c(C)c1NC(=O)Nc1ccccc1C. The van der Waals surface area contributed by atoms with Gasteiger partial charge in [0.05, 0.1) is 12.3 Å². The molecule has 0 saturated heterocycles. The summed E-state index contributed by atoms with van der Waals surface area (Å²) in [5.41, 5.74) is 3.82. The van der Waals surface area contributed by atoms with Crippen molar-refractivity contribution in [3.05, 3.63) is 46.8 Å². The second-order valence-electron chi connectivity index (χ2n) is 5.24. The van der Waals surface area contributed by atoms with Crippen molar-refractivity contribution in [3.8, 4) is 0 Å². The van der Waals surface area contributed by atoms with Gasteiger partial charge in [-0.2, -0.15) is 0 Å². The lowest BCUT2D eigenvalue weighted by atomic mass is 10.2. The first-order valence-electron chi connectivity index (χ1n) is 7.44. The molecular weight excluding hydrogens is 294 g/mol. The summed E-state index contributed by atoms with van der Waals surface area (Å²) in [5.74, 6) is -0.458. The van der Waals surface area contributed by atoms with Crippen molar-refractivity contribution in [1.29, 1.82) is 0 Å². The van der Waals surface area contributed by atoms with Crippen LogP contribution in [0.15, 0.2) is 24.3 Å². The molecule has 0 aliphatic heterocycles. The van der Waals surface area contributed by atoms with Crippen molar-refractivity contribution in [2.24, 2.45) is 0 Å². The molecule has 0 unspecified atom stereocenters. The summed E-state index contributed by atoms with van der Waals surface area (Å²) < 4.78 is 5.05. The maximum absolute atomic E-state index is 12.2. The number of benzene rings is 1. The molecule has 23 heavy (non-hydrogen) atoms. The largest absolute Gasteiger partial charge is 0.462 e. The number of nitrogens with one attached hydrogen (secondary N) is 3. The number of H-pyrrole nitrogens is 1. The first-order valence-corrected chi connectivity index (χ1v) is 7.44. The number of ether oxygens (including phenoxy) is 1. The van der Waals surface area contributed by atoms with Gasteiger partial charge in [-0.05, 0) is 39.3 Å². The zero-order chi connectivity index (χ0) is 17.0. The highest BCUT2D eigenvalue weighted by Gasteiger charge is 2.22. The van der Waals surface area contributed by atoms with E-state index in [2.05, 4.69) is 15.6 Å². The van der Waals surface area contributed by atoms with Crippen LogP contribution >= 0.6 is 0 Å². The number of urea groups is 1. The average molecular weight is 315 g/mol. The van der Waals surface area contributed by atoms with Gasteiger partial charge in [-0.15, -0.1) is 0 Å². The molecule has 0 radical (unpaired) electrons. The number of rotatable bonds is 4. The third-order valence-corrected chi connectivity index (χ3v) is 3.49. The van der Waals surface area contributed by atoms with Crippen LogP contribution in [0.4, 0.5) is 16.2 Å². The van der Waals surface area contributed by atoms with Crippen molar-refractivity contribution in [3.63, 3.8) is 0 Å². The molecule has 6 nitrogen and oxygen atoms in total. The number of carbonyl (C=O) groups excluding carboxylic acids is 2. The molecule has 2 amide bonds. The first-order chi connectivity index (χ1) is 10.9. The summed E-state index contributed by atoms with van der Waals surface area (Å²) in [6, 6.07) is 7.06. The lowest BCUT2D eigenvalue weighted by molar-refractivity contribution is 0.0527. The molecule has 0 saturated carbocycles. The van der Waals surface area contributed by atoms with E-state index < -0.39 is 12.0 Å². The number of aryl methyl sites for hydroxylation is 3. The van der Waals surface area contributed by atoms with Gasteiger partial charge in [0, 0.05) is 17.1 Å². The monoisotopic (exact) mass is 315 g/mol. The van der Waals surface area contributed by atoms with Gasteiger partial charge in [0.25, 0.3) is 0 Å². The van der Waals surface area contributed by atoms with Gasteiger partial charge in [0.15, 0.2) is 0 Å². The predicted octanol–water partition coefficient (Wildman–Crippen LogP) is 3.76. The van der Waals surface area contributed by atoms with Gasteiger partial charge in [-0.1, -0.05) is 18.2 Å². The molecule has 0 fully saturated rings. The number of hydrogen-bond donors (Lipinski definition) is 3. The van der Waals surface area contributed by atoms with E-state index in [0.717, 1.165) is 5.56 Å². The van der Waals surface area contributed by atoms with Gasteiger partial charge in [-0.3, -0.25) is 0 Å². The van der Waals surface area contributed by atoms with E-state index in [9.17, 15) is 9.59 Å². The van der Waals surface area contributed by atoms with Crippen molar-refractivity contribution in [1.82, 2.24) is 4.98 Å². The van der Waals surface area contributed by atoms with Crippen LogP contribution in [-0.4, -0.2) is 23.6 Å². The van der Waals surface area contributed by atoms with Crippen LogP contribution in [0, 0.1) is 20.8 Å². The fourth-order valence-corrected chi connectivity index (χ4v) is 2.38. The Morgan fingerprint density at radius 3 is 2.43 bits per heavy atom. The Kier molecular flexibility index (Phi) is 5.05. The van der Waals surface area contributed by atoms with Gasteiger partial charge < -0.3 is 20.4 Å². The standard InChI is InChI=1S/C17H21N3O3/c1-5-23-16(21)14-11(3)18-12(4)15(14)20-17(22)19-13-9-7-6-8-10(13)2/h6-9,18H,5H2,1-4H3,(H2,19,20,22). The van der Waals surface area contributed by atoms with Crippen LogP contribution in [-0.2, 0) is 4.74 Å². The minimum absolute atomic E-state index is 0.275. The predicted molar refractivity (Wildman–Crippen MR) is 90.0 cm³/mol. The van der Waals surface area contributed by atoms with E-state index in [4.69, 9.17) is 4.74 Å². The fourth-order valence-electron chi connectivity index (χ4n) is 2.38. The molecule has 0 aliphatic rings. The Labute approximate surface area is 135 Å². The molecule has 2 aromatic rings. The van der Waals surface area contributed by atoms with Crippen LogP contribution in [0.1, 0.15) is 34.2 Å². The van der Waals surface area contributed by atoms with E-state index >= 15 is 0 Å². The molecular formula is C17H21N3O3. The van der Waals surface area contributed by atoms with E-state index in [0.29, 0.717) is 28.3 Å². The van der Waals surface area contributed by atoms with Gasteiger partial charge in [-0.25, -0.2) is 9.59 Å². The highest BCUT2D eigenvalue weighted by atomic mass is 16.5. The maximum Gasteiger partial charge on any atom is 0.342 e. The number of para-hydroxylation sites is 1. The third kappa shape index (κ3) is 3.71. The smallest absolute Gasteiger partial charge is 0.342 e. The molecule has 1 aromatic heterocycles. The molecule has 0 atom stereocenters. The van der Waals surface area contributed by atoms with E-state index in [-0.39, 0.29) is 6.61 Å². The van der Waals surface area contributed by atoms with Crippen molar-refractivity contribution in [2.45, 2.75) is 27.7 Å². The Bertz CT molecular complexity index is 735. The fraction of sp³-hybridized carbons (Fsp3) is 0.294. The van der Waals surface area contributed by atoms with Gasteiger partial charge in [0.1, 0.15) is 5.56 Å². The normalized spacial score (nSPS) is 10.3. The maximum atomic E-state index is 12.2. The number of hydrogen-bond acceptors (Lipinski definition) is 3. The Balaban J connectivity index is 2.21. The number of carbonyl (C=O) groups is 2. The Hall–Kier alpha value is -2.76. The van der Waals surface area contributed by atoms with E-state index in [1.54, 1.807) is 20.8 Å². The minimum Gasteiger partial charge on any atom is -0.462 e. The van der Waals surface area contributed by atoms with E-state index in [1.807, 2.05) is 31.2 Å². The third-order valence-electron chi connectivity index (χ3n) is 3.49. The highest BCUT2D eigenvalue weighted by molar-refractivity contribution is 6.06. The summed E-state index contributed by atoms with van der Waals surface area (Å²) in [6.45, 7) is 7.48. The topological polar surface area (TPSA) is 83.2 Å². The second kappa shape index (κ2) is 7.00. The quantitative estimate of drug-likeness (QED) is 0.751. The number of anilines is 2. The molecule has 1 aromatic carbocycles. The minimum atomic E-state index is -0.458. The van der Waals surface area contributed by atoms with Crippen LogP contribution in [0.2, 0.25) is 0 Å². The summed E-state index contributed by atoms with van der Waals surface area (Å²) in [5, 5.41) is 5.51. The first kappa shape index (κ1) is 16.6. The summed E-state index contributed by atoms with van der Waals surface area (Å²) in [6.07, 6.45) is 0. The molecule has 3 N–H and O–H groups in total. The second-order valence-corrected chi connectivity index (χ2v) is 5.24. The summed E-state index contributed by atoms with van der Waals surface area (Å²) in [4.78, 5) is 27.4. The van der Waals surface area contributed by atoms with Crippen molar-refractivity contribution in [2.75, 3.05) is 17.2 Å². The lowest BCUT2D eigenvalue weighted by Crippen LogP contribution is -2.22. The molecule has 1 heterocycles. The van der Waals surface area contributed by atoms with Crippen molar-refractivity contribution < 1.29 is 14.3 Å². The lowest BCUT2D eigenvalue weighted by Gasteiger charge is -2.11. The van der Waals surface area contributed by atoms with Gasteiger partial charge in [0.2, 0.25) is 0 Å². The average Bonchev–Trinajstić information content (AvgIpc) is 2.76. The van der Waals surface area contributed by atoms with Gasteiger partial charge >= 0.3 is 12.0 Å². The highest BCUT2D eigenvalue weighted by Crippen LogP contribution is 2.25. The zero-order valence-corrected chi connectivity index (χ0v) is 13.7. The molecule has 2 rings (SSSR count). The molecule has 6 heteroatoms. The van der Waals surface area contributed by atoms with Crippen LogP contribution in [0.3, 0.4) is 0 Å². The molecule has 0 bridgehead atoms. The zero-order valence-electron chi connectivity index (χ0n) is 13.7. The Morgan fingerprint density at radius 2 is 1.78 bits per heavy atom. The number of amides is 2. The van der Waals surface area contributed by atoms with Crippen LogP contribution in [0.25, 0.3) is 0 Å².